The minimum Gasteiger partial charge on any atom is -0.337 e. The first-order valence-corrected chi connectivity index (χ1v) is 9.02. The number of rotatable bonds is 4. The van der Waals surface area contributed by atoms with Crippen molar-refractivity contribution >= 4 is 0 Å². The second-order valence-electron chi connectivity index (χ2n) is 6.89. The second-order valence-corrected chi connectivity index (χ2v) is 6.89. The molecule has 2 aromatic heterocycles. The minimum absolute atomic E-state index is 0.122. The van der Waals surface area contributed by atoms with Crippen LogP contribution in [0.4, 0.5) is 13.2 Å². The van der Waals surface area contributed by atoms with Crippen molar-refractivity contribution in [1.82, 2.24) is 30.2 Å². The molecule has 4 rings (SSSR count). The van der Waals surface area contributed by atoms with Crippen molar-refractivity contribution in [3.63, 3.8) is 0 Å². The summed E-state index contributed by atoms with van der Waals surface area (Å²) in [6, 6.07) is 4.81. The molecule has 1 N–H and O–H groups in total. The van der Waals surface area contributed by atoms with Gasteiger partial charge in [-0.25, -0.2) is 4.98 Å². The number of aromatic nitrogens is 5. The van der Waals surface area contributed by atoms with E-state index in [1.54, 1.807) is 0 Å². The lowest BCUT2D eigenvalue weighted by Crippen LogP contribution is -2.35. The largest absolute Gasteiger partial charge is 0.416 e. The number of nitrogens with one attached hydrogen (secondary N) is 1. The van der Waals surface area contributed by atoms with E-state index in [9.17, 15) is 13.2 Å². The zero-order chi connectivity index (χ0) is 19.7. The van der Waals surface area contributed by atoms with Crippen molar-refractivity contribution in [2.75, 3.05) is 13.1 Å². The molecule has 1 fully saturated rings. The van der Waals surface area contributed by atoms with Gasteiger partial charge in [0.2, 0.25) is 11.7 Å². The lowest BCUT2D eigenvalue weighted by atomic mass is 9.95. The third-order valence-electron chi connectivity index (χ3n) is 5.14. The molecule has 28 heavy (non-hydrogen) atoms. The van der Waals surface area contributed by atoms with Crippen LogP contribution in [0.3, 0.4) is 0 Å². The smallest absolute Gasteiger partial charge is 0.337 e. The number of hydrogen-bond acceptors (Lipinski definition) is 6. The molecule has 1 aliphatic heterocycles. The highest BCUT2D eigenvalue weighted by Gasteiger charge is 2.31. The predicted octanol–water partition coefficient (Wildman–Crippen LogP) is 3.81. The van der Waals surface area contributed by atoms with Crippen molar-refractivity contribution in [1.29, 1.82) is 0 Å². The molecule has 7 nitrogen and oxygen atoms in total. The third kappa shape index (κ3) is 3.77. The molecule has 1 aliphatic rings. The first-order valence-electron chi connectivity index (χ1n) is 9.02. The van der Waals surface area contributed by atoms with Crippen LogP contribution in [0.5, 0.6) is 0 Å². The van der Waals surface area contributed by atoms with Gasteiger partial charge in [-0.2, -0.15) is 23.3 Å². The van der Waals surface area contributed by atoms with Crippen LogP contribution in [0.1, 0.15) is 49.0 Å². The molecule has 0 spiro atoms. The Morgan fingerprint density at radius 1 is 1.25 bits per heavy atom. The summed E-state index contributed by atoms with van der Waals surface area (Å²) < 4.78 is 44.1. The van der Waals surface area contributed by atoms with Crippen molar-refractivity contribution in [3.8, 4) is 11.4 Å². The van der Waals surface area contributed by atoms with Gasteiger partial charge < -0.3 is 4.52 Å². The molecule has 148 valence electrons. The van der Waals surface area contributed by atoms with Crippen molar-refractivity contribution < 1.29 is 17.7 Å². The van der Waals surface area contributed by atoms with Crippen LogP contribution in [0.25, 0.3) is 11.4 Å². The molecule has 0 saturated carbocycles. The third-order valence-corrected chi connectivity index (χ3v) is 5.14. The molecular formula is C18H19F3N6O. The first-order chi connectivity index (χ1) is 13.4. The van der Waals surface area contributed by atoms with Crippen LogP contribution >= 0.6 is 0 Å². The fourth-order valence-corrected chi connectivity index (χ4v) is 3.48. The maximum atomic E-state index is 12.9. The average Bonchev–Trinajstić information content (AvgIpc) is 3.39. The molecule has 10 heteroatoms. The van der Waals surface area contributed by atoms with Crippen molar-refractivity contribution in [3.05, 3.63) is 47.9 Å². The first kappa shape index (κ1) is 18.6. The van der Waals surface area contributed by atoms with Crippen LogP contribution in [-0.2, 0) is 6.18 Å². The molecule has 0 bridgehead atoms. The predicted molar refractivity (Wildman–Crippen MR) is 93.1 cm³/mol. The van der Waals surface area contributed by atoms with Gasteiger partial charge in [-0.05, 0) is 45.0 Å². The Bertz CT molecular complexity index is 916. The molecule has 3 aromatic rings. The highest BCUT2D eigenvalue weighted by atomic mass is 19.4. The lowest BCUT2D eigenvalue weighted by molar-refractivity contribution is -0.137. The Kier molecular flexibility index (Phi) is 4.88. The van der Waals surface area contributed by atoms with Crippen LogP contribution in [0.2, 0.25) is 0 Å². The highest BCUT2D eigenvalue weighted by Crippen LogP contribution is 2.33. The highest BCUT2D eigenvalue weighted by molar-refractivity contribution is 5.55. The Morgan fingerprint density at radius 3 is 2.71 bits per heavy atom. The molecule has 3 heterocycles. The number of piperidine rings is 1. The Hall–Kier alpha value is -2.75. The molecular weight excluding hydrogens is 373 g/mol. The Morgan fingerprint density at radius 2 is 2.04 bits per heavy atom. The number of hydrogen-bond donors (Lipinski definition) is 1. The van der Waals surface area contributed by atoms with Gasteiger partial charge in [-0.1, -0.05) is 17.3 Å². The molecule has 0 radical (unpaired) electrons. The number of likely N-dealkylation sites (tertiary alicyclic amines) is 1. The van der Waals surface area contributed by atoms with E-state index >= 15 is 0 Å². The Labute approximate surface area is 159 Å². The molecule has 0 aliphatic carbocycles. The summed E-state index contributed by atoms with van der Waals surface area (Å²) in [5.74, 6) is 1.79. The van der Waals surface area contributed by atoms with Gasteiger partial charge in [0, 0.05) is 11.5 Å². The number of halogens is 3. The van der Waals surface area contributed by atoms with E-state index in [1.807, 2.05) is 6.92 Å². The molecule has 1 aromatic carbocycles. The summed E-state index contributed by atoms with van der Waals surface area (Å²) >= 11 is 0. The summed E-state index contributed by atoms with van der Waals surface area (Å²) in [4.78, 5) is 10.8. The van der Waals surface area contributed by atoms with Crippen LogP contribution in [0.15, 0.2) is 35.1 Å². The van der Waals surface area contributed by atoms with Gasteiger partial charge in [0.05, 0.1) is 11.6 Å². The van der Waals surface area contributed by atoms with Gasteiger partial charge in [0.15, 0.2) is 0 Å². The SMILES string of the molecule is CC(c1nc(-c2cccc(C(F)(F)F)c2)no1)N1CCC(c2ncn[nH]2)CC1. The van der Waals surface area contributed by atoms with Gasteiger partial charge >= 0.3 is 6.18 Å². The van der Waals surface area contributed by atoms with Crippen molar-refractivity contribution in [2.45, 2.75) is 37.9 Å². The van der Waals surface area contributed by atoms with Crippen LogP contribution in [0, 0.1) is 0 Å². The van der Waals surface area contributed by atoms with Crippen molar-refractivity contribution in [2.24, 2.45) is 0 Å². The number of H-pyrrole nitrogens is 1. The topological polar surface area (TPSA) is 83.7 Å². The molecule has 1 atom stereocenters. The number of nitrogens with zero attached hydrogens (tertiary/aromatic N) is 5. The zero-order valence-electron chi connectivity index (χ0n) is 15.1. The van der Waals surface area contributed by atoms with Crippen LogP contribution < -0.4 is 0 Å². The summed E-state index contributed by atoms with van der Waals surface area (Å²) in [5, 5.41) is 10.7. The fourth-order valence-electron chi connectivity index (χ4n) is 3.48. The number of aromatic amines is 1. The van der Waals surface area contributed by atoms with E-state index in [4.69, 9.17) is 4.52 Å². The standard InChI is InChI=1S/C18H19F3N6O/c1-11(27-7-5-12(6-8-27)15-22-10-23-25-15)17-24-16(26-28-17)13-3-2-4-14(9-13)18(19,20)21/h2-4,9-12H,5-8H2,1H3,(H,22,23,25). The maximum Gasteiger partial charge on any atom is 0.416 e. The van der Waals surface area contributed by atoms with E-state index in [1.165, 1.54) is 18.5 Å². The average molecular weight is 392 g/mol. The summed E-state index contributed by atoms with van der Waals surface area (Å²) in [6.45, 7) is 3.61. The van der Waals surface area contributed by atoms with E-state index in [0.29, 0.717) is 11.8 Å². The monoisotopic (exact) mass is 392 g/mol. The van der Waals surface area contributed by atoms with E-state index in [0.717, 1.165) is 43.9 Å². The number of benzene rings is 1. The summed E-state index contributed by atoms with van der Waals surface area (Å²) in [5.41, 5.74) is -0.458. The van der Waals surface area contributed by atoms with Gasteiger partial charge in [0.1, 0.15) is 12.2 Å². The van der Waals surface area contributed by atoms with Crippen LogP contribution in [-0.4, -0.2) is 43.3 Å². The molecule has 1 unspecified atom stereocenters. The summed E-state index contributed by atoms with van der Waals surface area (Å²) in [6.07, 6.45) is -1.05. The zero-order valence-corrected chi connectivity index (χ0v) is 15.1. The number of alkyl halides is 3. The molecule has 1 saturated heterocycles. The maximum absolute atomic E-state index is 12.9. The van der Waals surface area contributed by atoms with E-state index in [2.05, 4.69) is 30.2 Å². The summed E-state index contributed by atoms with van der Waals surface area (Å²) in [7, 11) is 0. The van der Waals surface area contributed by atoms with Gasteiger partial charge in [-0.3, -0.25) is 10.00 Å². The lowest BCUT2D eigenvalue weighted by Gasteiger charge is -2.33. The van der Waals surface area contributed by atoms with Gasteiger partial charge in [0.25, 0.3) is 0 Å². The quantitative estimate of drug-likeness (QED) is 0.727. The fraction of sp³-hybridized carbons (Fsp3) is 0.444. The second kappa shape index (κ2) is 7.34. The normalized spacial score (nSPS) is 17.7. The Balaban J connectivity index is 1.44. The molecule has 0 amide bonds. The van der Waals surface area contributed by atoms with E-state index in [-0.39, 0.29) is 17.4 Å². The minimum atomic E-state index is -4.41. The van der Waals surface area contributed by atoms with E-state index < -0.39 is 11.7 Å². The van der Waals surface area contributed by atoms with Gasteiger partial charge in [-0.15, -0.1) is 0 Å².